The molecule has 8 heteroatoms. The van der Waals surface area contributed by atoms with Crippen molar-refractivity contribution in [1.29, 1.82) is 0 Å². The van der Waals surface area contributed by atoms with E-state index in [-0.39, 0.29) is 11.8 Å². The van der Waals surface area contributed by atoms with Gasteiger partial charge in [0, 0.05) is 10.0 Å². The average Bonchev–Trinajstić information content (AvgIpc) is 3.31. The smallest absolute Gasteiger partial charge is 0.268 e. The molecule has 0 aliphatic carbocycles. The number of hydrogen-bond donors (Lipinski definition) is 1. The van der Waals surface area contributed by atoms with E-state index in [9.17, 15) is 14.4 Å². The molecular weight excluding hydrogens is 506 g/mol. The van der Waals surface area contributed by atoms with E-state index in [4.69, 9.17) is 11.6 Å². The van der Waals surface area contributed by atoms with E-state index in [0.717, 1.165) is 20.5 Å². The van der Waals surface area contributed by atoms with Crippen molar-refractivity contribution >= 4 is 50.9 Å². The summed E-state index contributed by atoms with van der Waals surface area (Å²) in [6, 6.07) is 19.8. The van der Waals surface area contributed by atoms with Crippen LogP contribution in [0.4, 0.5) is 5.69 Å². The summed E-state index contributed by atoms with van der Waals surface area (Å²) in [7, 11) is 0. The molecule has 2 saturated heterocycles. The van der Waals surface area contributed by atoms with Gasteiger partial charge in [-0.1, -0.05) is 75.6 Å². The van der Waals surface area contributed by atoms with Gasteiger partial charge in [-0.15, -0.1) is 0 Å². The molecule has 166 valence electrons. The summed E-state index contributed by atoms with van der Waals surface area (Å²) in [6.45, 7) is 1.97. The third-order valence-electron chi connectivity index (χ3n) is 6.05. The van der Waals surface area contributed by atoms with Crippen molar-refractivity contribution < 1.29 is 14.4 Å². The zero-order chi connectivity index (χ0) is 23.3. The third-order valence-corrected chi connectivity index (χ3v) is 6.87. The summed E-state index contributed by atoms with van der Waals surface area (Å²) in [5.41, 5.74) is 5.77. The van der Waals surface area contributed by atoms with Crippen molar-refractivity contribution in [3.8, 4) is 0 Å². The summed E-state index contributed by atoms with van der Waals surface area (Å²) < 4.78 is 0.741. The number of amides is 3. The maximum absolute atomic E-state index is 13.6. The molecule has 0 saturated carbocycles. The minimum absolute atomic E-state index is 0.295. The van der Waals surface area contributed by atoms with Gasteiger partial charge >= 0.3 is 0 Å². The van der Waals surface area contributed by atoms with Gasteiger partial charge in [-0.05, 0) is 42.8 Å². The van der Waals surface area contributed by atoms with E-state index < -0.39 is 23.9 Å². The summed E-state index contributed by atoms with van der Waals surface area (Å²) in [5.74, 6) is -2.04. The monoisotopic (exact) mass is 523 g/mol. The lowest BCUT2D eigenvalue weighted by Gasteiger charge is -2.25. The Morgan fingerprint density at radius 1 is 0.970 bits per heavy atom. The molecule has 1 N–H and O–H groups in total. The van der Waals surface area contributed by atoms with Crippen LogP contribution in [0.3, 0.4) is 0 Å². The number of halogens is 2. The fourth-order valence-electron chi connectivity index (χ4n) is 4.46. The highest BCUT2D eigenvalue weighted by atomic mass is 79.9. The third kappa shape index (κ3) is 3.66. The van der Waals surface area contributed by atoms with Gasteiger partial charge in [0.15, 0.2) is 0 Å². The van der Waals surface area contributed by atoms with Crippen LogP contribution in [0.25, 0.3) is 0 Å². The largest absolute Gasteiger partial charge is 0.274 e. The molecule has 5 rings (SSSR count). The first-order valence-corrected chi connectivity index (χ1v) is 11.6. The topological polar surface area (TPSA) is 69.7 Å². The van der Waals surface area contributed by atoms with Crippen LogP contribution in [-0.4, -0.2) is 28.8 Å². The van der Waals surface area contributed by atoms with E-state index in [1.807, 2.05) is 37.3 Å². The lowest BCUT2D eigenvalue weighted by Crippen LogP contribution is -2.48. The molecule has 0 radical (unpaired) electrons. The van der Waals surface area contributed by atoms with E-state index in [1.54, 1.807) is 42.5 Å². The molecule has 0 bridgehead atoms. The van der Waals surface area contributed by atoms with Crippen molar-refractivity contribution in [1.82, 2.24) is 10.4 Å². The first-order chi connectivity index (χ1) is 15.9. The maximum atomic E-state index is 13.6. The number of fused-ring (bicyclic) bond motifs is 1. The van der Waals surface area contributed by atoms with Gasteiger partial charge in [0.25, 0.3) is 11.8 Å². The molecule has 3 aromatic rings. The zero-order valence-electron chi connectivity index (χ0n) is 17.5. The molecule has 6 nitrogen and oxygen atoms in total. The molecule has 0 spiro atoms. The number of imide groups is 1. The molecule has 3 atom stereocenters. The van der Waals surface area contributed by atoms with Crippen LogP contribution in [-0.2, 0) is 9.59 Å². The van der Waals surface area contributed by atoms with Crippen molar-refractivity contribution in [2.45, 2.75) is 19.0 Å². The number of rotatable bonds is 3. The number of hydrogen-bond acceptors (Lipinski definition) is 4. The number of nitrogens with zero attached hydrogens (tertiary/aromatic N) is 2. The number of hydrazine groups is 1. The summed E-state index contributed by atoms with van der Waals surface area (Å²) in [5, 5.41) is 1.59. The number of carbonyl (C=O) groups excluding carboxylic acids is 3. The zero-order valence-corrected chi connectivity index (χ0v) is 19.9. The van der Waals surface area contributed by atoms with Crippen molar-refractivity contribution in [2.24, 2.45) is 5.92 Å². The van der Waals surface area contributed by atoms with Crippen LogP contribution < -0.4 is 10.3 Å². The first kappa shape index (κ1) is 21.8. The van der Waals surface area contributed by atoms with Crippen molar-refractivity contribution in [2.75, 3.05) is 4.90 Å². The molecule has 33 heavy (non-hydrogen) atoms. The van der Waals surface area contributed by atoms with E-state index >= 15 is 0 Å². The molecule has 0 aromatic heterocycles. The van der Waals surface area contributed by atoms with Gasteiger partial charge in [-0.2, -0.15) is 0 Å². The Hall–Kier alpha value is -3.00. The Balaban J connectivity index is 1.60. The summed E-state index contributed by atoms with van der Waals surface area (Å²) >= 11 is 9.71. The normalized spacial score (nSPS) is 22.1. The fraction of sp³-hybridized carbons (Fsp3) is 0.160. The second-order valence-corrected chi connectivity index (χ2v) is 9.46. The predicted molar refractivity (Wildman–Crippen MR) is 129 cm³/mol. The molecule has 3 aromatic carbocycles. The van der Waals surface area contributed by atoms with E-state index in [0.29, 0.717) is 16.3 Å². The van der Waals surface area contributed by atoms with Gasteiger partial charge in [-0.3, -0.25) is 19.4 Å². The number of aryl methyl sites for hydroxylation is 1. The van der Waals surface area contributed by atoms with E-state index in [1.165, 1.54) is 5.01 Å². The minimum atomic E-state index is -0.994. The first-order valence-electron chi connectivity index (χ1n) is 10.4. The van der Waals surface area contributed by atoms with Crippen LogP contribution in [0.5, 0.6) is 0 Å². The van der Waals surface area contributed by atoms with Crippen molar-refractivity contribution in [3.63, 3.8) is 0 Å². The van der Waals surface area contributed by atoms with Gasteiger partial charge < -0.3 is 0 Å². The maximum Gasteiger partial charge on any atom is 0.268 e. The lowest BCUT2D eigenvalue weighted by atomic mass is 9.90. The highest BCUT2D eigenvalue weighted by Gasteiger charge is 2.60. The van der Waals surface area contributed by atoms with Gasteiger partial charge in [0.05, 0.1) is 22.7 Å². The number of nitrogens with one attached hydrogen (secondary N) is 1. The molecule has 0 unspecified atom stereocenters. The number of benzene rings is 3. The molecule has 2 fully saturated rings. The lowest BCUT2D eigenvalue weighted by molar-refractivity contribution is -0.123. The number of anilines is 1. The Labute approximate surface area is 204 Å². The average molecular weight is 525 g/mol. The second kappa shape index (κ2) is 8.41. The fourth-order valence-corrected chi connectivity index (χ4v) is 5.08. The highest BCUT2D eigenvalue weighted by Crippen LogP contribution is 2.43. The summed E-state index contributed by atoms with van der Waals surface area (Å²) in [4.78, 5) is 41.8. The molecule has 3 amide bonds. The summed E-state index contributed by atoms with van der Waals surface area (Å²) in [6.07, 6.45) is 0. The van der Waals surface area contributed by atoms with Gasteiger partial charge in [0.2, 0.25) is 5.91 Å². The quantitative estimate of drug-likeness (QED) is 0.506. The molecule has 2 aliphatic heterocycles. The minimum Gasteiger partial charge on any atom is -0.274 e. The Kier molecular flexibility index (Phi) is 5.56. The molecule has 2 heterocycles. The van der Waals surface area contributed by atoms with Crippen LogP contribution in [0, 0.1) is 12.8 Å². The molecular formula is C25H19BrClN3O3. The Bertz CT molecular complexity index is 1280. The second-order valence-electron chi connectivity index (χ2n) is 8.14. The number of para-hydroxylation sites is 1. The van der Waals surface area contributed by atoms with Crippen LogP contribution in [0.15, 0.2) is 77.3 Å². The van der Waals surface area contributed by atoms with Crippen LogP contribution >= 0.6 is 27.5 Å². The van der Waals surface area contributed by atoms with Gasteiger partial charge in [0.1, 0.15) is 6.04 Å². The standard InChI is InChI=1S/C25H19BrClN3O3/c1-14-9-11-15(12-10-14)21-20-22(30(28-21)23(31)16-5-4-6-17(26)13-16)25(33)29(24(20)32)19-8-3-2-7-18(19)27/h2-13,20-22,28H,1H3/t20-,21+,22-/m1/s1. The van der Waals surface area contributed by atoms with Gasteiger partial charge in [-0.25, -0.2) is 10.3 Å². The SMILES string of the molecule is Cc1ccc([C@@H]2NN(C(=O)c3cccc(Br)c3)[C@H]3C(=O)N(c4ccccc4Cl)C(=O)[C@H]23)cc1. The van der Waals surface area contributed by atoms with Crippen molar-refractivity contribution in [3.05, 3.63) is 99.0 Å². The van der Waals surface area contributed by atoms with Crippen LogP contribution in [0.1, 0.15) is 27.5 Å². The molecule has 2 aliphatic rings. The van der Waals surface area contributed by atoms with Crippen LogP contribution in [0.2, 0.25) is 5.02 Å². The van der Waals surface area contributed by atoms with E-state index in [2.05, 4.69) is 21.4 Å². The predicted octanol–water partition coefficient (Wildman–Crippen LogP) is 4.67. The Morgan fingerprint density at radius 3 is 2.39 bits per heavy atom. The number of carbonyl (C=O) groups is 3. The highest BCUT2D eigenvalue weighted by molar-refractivity contribution is 9.10. The Morgan fingerprint density at radius 2 is 1.70 bits per heavy atom.